The van der Waals surface area contributed by atoms with E-state index in [4.69, 9.17) is 4.74 Å². The molecule has 7 atom stereocenters. The molecule has 4 rings (SSSR count). The van der Waals surface area contributed by atoms with Crippen LogP contribution in [-0.4, -0.2) is 81.1 Å². The normalized spacial score (nSPS) is 35.3. The number of aliphatic hydroxyl groups is 1. The zero-order valence-electron chi connectivity index (χ0n) is 21.2. The molecule has 1 unspecified atom stereocenters. The third-order valence-corrected chi connectivity index (χ3v) is 9.99. The number of unbranched alkanes of at least 4 members (excludes halogenated alkanes) is 2. The molecule has 8 heteroatoms. The summed E-state index contributed by atoms with van der Waals surface area (Å²) in [5.41, 5.74) is 0. The maximum absolute atomic E-state index is 14.2. The summed E-state index contributed by atoms with van der Waals surface area (Å²) in [7, 11) is 0. The first-order valence-corrected chi connectivity index (χ1v) is 14.2. The molecule has 0 aromatic rings. The fourth-order valence-corrected chi connectivity index (χ4v) is 8.15. The lowest BCUT2D eigenvalue weighted by molar-refractivity contribution is -0.154. The minimum atomic E-state index is -0.855. The third kappa shape index (κ3) is 4.57. The van der Waals surface area contributed by atoms with Crippen molar-refractivity contribution in [2.45, 2.75) is 81.4 Å². The Morgan fingerprint density at radius 1 is 1.20 bits per heavy atom. The van der Waals surface area contributed by atoms with Gasteiger partial charge in [-0.1, -0.05) is 64.3 Å². The van der Waals surface area contributed by atoms with Gasteiger partial charge in [0.1, 0.15) is 6.04 Å². The number of thioether (sulfide) groups is 1. The van der Waals surface area contributed by atoms with Crippen LogP contribution >= 0.6 is 11.8 Å². The van der Waals surface area contributed by atoms with Crippen LogP contribution in [0, 0.1) is 17.8 Å². The molecule has 1 spiro atoms. The zero-order valence-corrected chi connectivity index (χ0v) is 22.0. The standard InChI is InChI=1S/C27H40N2O5S/c1-4-6-9-14-28-15-11-13-27-22(21-20(35-27)12-8-7-10-16-34-26(21)33)24(31)29(23(27)25(28)32)19(17-30)18(3)5-2/h8,11-13,18-23,30H,4-7,9-10,14-17H2,1-3H3/b12-8-/t18-,19-,20-,21+,22-,23?,27-/m0/s1. The van der Waals surface area contributed by atoms with E-state index in [0.717, 1.165) is 38.5 Å². The summed E-state index contributed by atoms with van der Waals surface area (Å²) < 4.78 is 4.76. The van der Waals surface area contributed by atoms with Crippen LogP contribution in [0.4, 0.5) is 0 Å². The molecule has 7 nitrogen and oxygen atoms in total. The van der Waals surface area contributed by atoms with Gasteiger partial charge in [-0.2, -0.15) is 0 Å². The number of ether oxygens (including phenoxy) is 1. The van der Waals surface area contributed by atoms with Gasteiger partial charge in [0, 0.05) is 18.3 Å². The summed E-state index contributed by atoms with van der Waals surface area (Å²) in [5.74, 6) is -1.94. The van der Waals surface area contributed by atoms with Crippen LogP contribution in [0.3, 0.4) is 0 Å². The molecule has 2 fully saturated rings. The Labute approximate surface area is 213 Å². The molecule has 194 valence electrons. The van der Waals surface area contributed by atoms with Gasteiger partial charge in [0.25, 0.3) is 0 Å². The second-order valence-corrected chi connectivity index (χ2v) is 11.8. The highest BCUT2D eigenvalue weighted by Crippen LogP contribution is 2.61. The number of fused-ring (bicyclic) bond motifs is 2. The topological polar surface area (TPSA) is 87.2 Å². The molecule has 0 aromatic carbocycles. The highest BCUT2D eigenvalue weighted by Gasteiger charge is 2.71. The van der Waals surface area contributed by atoms with Crippen LogP contribution in [0.15, 0.2) is 24.3 Å². The number of hydrogen-bond acceptors (Lipinski definition) is 6. The smallest absolute Gasteiger partial charge is 0.311 e. The Morgan fingerprint density at radius 3 is 2.71 bits per heavy atom. The number of rotatable bonds is 8. The molecule has 4 aliphatic heterocycles. The van der Waals surface area contributed by atoms with Gasteiger partial charge in [0.2, 0.25) is 11.8 Å². The van der Waals surface area contributed by atoms with Crippen molar-refractivity contribution in [1.82, 2.24) is 9.80 Å². The molecule has 0 aliphatic carbocycles. The van der Waals surface area contributed by atoms with E-state index < -0.39 is 28.7 Å². The number of cyclic esters (lactones) is 1. The molecule has 2 amide bonds. The van der Waals surface area contributed by atoms with Crippen molar-refractivity contribution in [2.75, 3.05) is 26.3 Å². The van der Waals surface area contributed by atoms with E-state index in [-0.39, 0.29) is 35.6 Å². The molecule has 4 aliphatic rings. The van der Waals surface area contributed by atoms with Crippen LogP contribution in [0.25, 0.3) is 0 Å². The molecule has 0 saturated carbocycles. The molecule has 0 aromatic heterocycles. The summed E-state index contributed by atoms with van der Waals surface area (Å²) in [6, 6.07) is -1.22. The summed E-state index contributed by atoms with van der Waals surface area (Å²) >= 11 is 1.57. The number of likely N-dealkylation sites (tertiary alicyclic amines) is 1. The van der Waals surface area contributed by atoms with Crippen LogP contribution in [0.2, 0.25) is 0 Å². The predicted molar refractivity (Wildman–Crippen MR) is 137 cm³/mol. The lowest BCUT2D eigenvalue weighted by atomic mass is 9.78. The third-order valence-electron chi connectivity index (χ3n) is 8.25. The summed E-state index contributed by atoms with van der Waals surface area (Å²) in [5, 5.41) is 10.2. The number of aliphatic hydroxyl groups excluding tert-OH is 1. The second-order valence-electron chi connectivity index (χ2n) is 10.4. The number of esters is 1. The molecule has 0 radical (unpaired) electrons. The highest BCUT2D eigenvalue weighted by molar-refractivity contribution is 8.02. The van der Waals surface area contributed by atoms with Crippen molar-refractivity contribution < 1.29 is 24.2 Å². The fourth-order valence-electron chi connectivity index (χ4n) is 6.17. The number of carbonyl (C=O) groups excluding carboxylic acids is 3. The molecule has 0 bridgehead atoms. The van der Waals surface area contributed by atoms with E-state index in [1.54, 1.807) is 16.7 Å². The van der Waals surface area contributed by atoms with Gasteiger partial charge in [-0.15, -0.1) is 11.8 Å². The van der Waals surface area contributed by atoms with E-state index in [0.29, 0.717) is 19.7 Å². The maximum Gasteiger partial charge on any atom is 0.311 e. The molecule has 4 heterocycles. The largest absolute Gasteiger partial charge is 0.465 e. The van der Waals surface area contributed by atoms with Crippen LogP contribution < -0.4 is 0 Å². The van der Waals surface area contributed by atoms with Crippen LogP contribution in [-0.2, 0) is 19.1 Å². The number of allylic oxidation sites excluding steroid dienone is 1. The number of hydrogen-bond donors (Lipinski definition) is 1. The van der Waals surface area contributed by atoms with Crippen molar-refractivity contribution >= 4 is 29.5 Å². The Bertz CT molecular complexity index is 876. The van der Waals surface area contributed by atoms with E-state index >= 15 is 0 Å². The predicted octanol–water partition coefficient (Wildman–Crippen LogP) is 3.17. The zero-order chi connectivity index (χ0) is 25.2. The minimum absolute atomic E-state index is 0.0154. The van der Waals surface area contributed by atoms with Crippen molar-refractivity contribution in [3.63, 3.8) is 0 Å². The van der Waals surface area contributed by atoms with E-state index in [2.05, 4.69) is 13.0 Å². The van der Waals surface area contributed by atoms with Gasteiger partial charge < -0.3 is 19.6 Å². The average molecular weight is 505 g/mol. The molecule has 2 saturated heterocycles. The van der Waals surface area contributed by atoms with Gasteiger partial charge in [-0.3, -0.25) is 14.4 Å². The first-order chi connectivity index (χ1) is 16.9. The van der Waals surface area contributed by atoms with E-state index in [1.165, 1.54) is 0 Å². The number of carbonyl (C=O) groups is 3. The monoisotopic (exact) mass is 504 g/mol. The number of nitrogens with zero attached hydrogens (tertiary/aromatic N) is 2. The molecule has 1 N–H and O–H groups in total. The van der Waals surface area contributed by atoms with Gasteiger partial charge in [0.15, 0.2) is 0 Å². The Kier molecular flexibility index (Phi) is 8.31. The first-order valence-electron chi connectivity index (χ1n) is 13.3. The molecular weight excluding hydrogens is 464 g/mol. The Hall–Kier alpha value is -1.80. The average Bonchev–Trinajstić information content (AvgIpc) is 3.26. The molecule has 35 heavy (non-hydrogen) atoms. The van der Waals surface area contributed by atoms with Crippen molar-refractivity contribution in [3.8, 4) is 0 Å². The lowest BCUT2D eigenvalue weighted by Gasteiger charge is -2.40. The quantitative estimate of drug-likeness (QED) is 0.310. The Morgan fingerprint density at radius 2 is 2.00 bits per heavy atom. The lowest BCUT2D eigenvalue weighted by Crippen LogP contribution is -2.57. The first kappa shape index (κ1) is 26.3. The van der Waals surface area contributed by atoms with E-state index in [9.17, 15) is 19.5 Å². The summed E-state index contributed by atoms with van der Waals surface area (Å²) in [6.45, 7) is 7.44. The Balaban J connectivity index is 1.81. The van der Waals surface area contributed by atoms with Gasteiger partial charge >= 0.3 is 5.97 Å². The van der Waals surface area contributed by atoms with Crippen LogP contribution in [0.5, 0.6) is 0 Å². The van der Waals surface area contributed by atoms with E-state index in [1.807, 2.05) is 37.0 Å². The minimum Gasteiger partial charge on any atom is -0.465 e. The van der Waals surface area contributed by atoms with Gasteiger partial charge in [-0.05, 0) is 25.2 Å². The van der Waals surface area contributed by atoms with Crippen molar-refractivity contribution in [2.24, 2.45) is 17.8 Å². The van der Waals surface area contributed by atoms with Crippen LogP contribution in [0.1, 0.15) is 59.3 Å². The fraction of sp³-hybridized carbons (Fsp3) is 0.741. The van der Waals surface area contributed by atoms with Crippen molar-refractivity contribution in [3.05, 3.63) is 24.3 Å². The number of amides is 2. The molecular formula is C27H40N2O5S. The second kappa shape index (κ2) is 11.1. The van der Waals surface area contributed by atoms with Crippen molar-refractivity contribution in [1.29, 1.82) is 0 Å². The highest BCUT2D eigenvalue weighted by atomic mass is 32.2. The maximum atomic E-state index is 14.2. The summed E-state index contributed by atoms with van der Waals surface area (Å²) in [6.07, 6.45) is 13.5. The van der Waals surface area contributed by atoms with Gasteiger partial charge in [-0.25, -0.2) is 0 Å². The SMILES string of the molecule is CCCCCN1CC=C[C@]23S[C@H]4/C=C\CCCOC(=O)[C@H]4[C@H]2C(=O)N([C@@H](CO)[C@@H](C)CC)C3C1=O. The van der Waals surface area contributed by atoms with Gasteiger partial charge in [0.05, 0.1) is 35.8 Å². The summed E-state index contributed by atoms with van der Waals surface area (Å²) in [4.78, 5) is 45.2.